The number of carbonyl (C=O) groups excluding carboxylic acids is 2. The monoisotopic (exact) mass is 431 g/mol. The third-order valence-electron chi connectivity index (χ3n) is 4.92. The first-order valence-corrected chi connectivity index (χ1v) is 9.88. The highest BCUT2D eigenvalue weighted by atomic mass is 35.5. The lowest BCUT2D eigenvalue weighted by atomic mass is 10.1. The summed E-state index contributed by atoms with van der Waals surface area (Å²) in [5.41, 5.74) is 1.75. The number of amides is 1. The van der Waals surface area contributed by atoms with Gasteiger partial charge in [-0.1, -0.05) is 41.4 Å². The van der Waals surface area contributed by atoms with Crippen LogP contribution >= 0.6 is 11.6 Å². The SMILES string of the molecule is Cc1cccc(CN2CCN(C(=O)COC(=O)c3cc(Cl)ccc3[N+](=O)[O-])CC2)c1. The maximum Gasteiger partial charge on any atom is 0.345 e. The summed E-state index contributed by atoms with van der Waals surface area (Å²) in [6, 6.07) is 11.9. The predicted molar refractivity (Wildman–Crippen MR) is 111 cm³/mol. The molecule has 0 atom stereocenters. The zero-order valence-electron chi connectivity index (χ0n) is 16.5. The van der Waals surface area contributed by atoms with Crippen molar-refractivity contribution in [3.8, 4) is 0 Å². The lowest BCUT2D eigenvalue weighted by Crippen LogP contribution is -2.49. The van der Waals surface area contributed by atoms with Gasteiger partial charge in [0.2, 0.25) is 0 Å². The molecule has 2 aromatic carbocycles. The van der Waals surface area contributed by atoms with Crippen molar-refractivity contribution < 1.29 is 19.2 Å². The molecular formula is C21H22ClN3O5. The summed E-state index contributed by atoms with van der Waals surface area (Å²) in [4.78, 5) is 38.9. The number of hydrogen-bond acceptors (Lipinski definition) is 6. The molecule has 0 bridgehead atoms. The topological polar surface area (TPSA) is 93.0 Å². The van der Waals surface area contributed by atoms with E-state index in [0.717, 1.165) is 18.7 Å². The molecule has 0 N–H and O–H groups in total. The molecule has 0 aromatic heterocycles. The fourth-order valence-corrected chi connectivity index (χ4v) is 3.52. The quantitative estimate of drug-likeness (QED) is 0.396. The number of aryl methyl sites for hydroxylation is 1. The fourth-order valence-electron chi connectivity index (χ4n) is 3.35. The van der Waals surface area contributed by atoms with Gasteiger partial charge in [0.1, 0.15) is 5.56 Å². The molecule has 0 radical (unpaired) electrons. The van der Waals surface area contributed by atoms with E-state index in [0.29, 0.717) is 26.2 Å². The largest absolute Gasteiger partial charge is 0.452 e. The Bertz CT molecular complexity index is 957. The van der Waals surface area contributed by atoms with Crippen LogP contribution in [-0.2, 0) is 16.1 Å². The Morgan fingerprint density at radius 2 is 1.87 bits per heavy atom. The van der Waals surface area contributed by atoms with Crippen molar-refractivity contribution in [3.63, 3.8) is 0 Å². The molecule has 0 saturated carbocycles. The highest BCUT2D eigenvalue weighted by Crippen LogP contribution is 2.23. The molecule has 1 heterocycles. The van der Waals surface area contributed by atoms with Crippen molar-refractivity contribution in [1.29, 1.82) is 0 Å². The van der Waals surface area contributed by atoms with E-state index in [4.69, 9.17) is 16.3 Å². The zero-order valence-corrected chi connectivity index (χ0v) is 17.3. The Kier molecular flexibility index (Phi) is 7.02. The highest BCUT2D eigenvalue weighted by molar-refractivity contribution is 6.31. The van der Waals surface area contributed by atoms with E-state index < -0.39 is 23.2 Å². The third-order valence-corrected chi connectivity index (χ3v) is 5.15. The van der Waals surface area contributed by atoms with Crippen LogP contribution in [0.5, 0.6) is 0 Å². The van der Waals surface area contributed by atoms with Crippen LogP contribution in [0, 0.1) is 17.0 Å². The second-order valence-electron chi connectivity index (χ2n) is 7.14. The number of piperazine rings is 1. The Hall–Kier alpha value is -2.97. The zero-order chi connectivity index (χ0) is 21.7. The first-order valence-electron chi connectivity index (χ1n) is 9.50. The molecule has 0 unspecified atom stereocenters. The Morgan fingerprint density at radius 3 is 2.53 bits per heavy atom. The molecule has 0 spiro atoms. The first-order chi connectivity index (χ1) is 14.3. The minimum Gasteiger partial charge on any atom is -0.452 e. The second kappa shape index (κ2) is 9.69. The molecule has 8 nitrogen and oxygen atoms in total. The molecule has 1 amide bonds. The second-order valence-corrected chi connectivity index (χ2v) is 7.58. The average molecular weight is 432 g/mol. The van der Waals surface area contributed by atoms with Gasteiger partial charge in [-0.15, -0.1) is 0 Å². The number of nitro groups is 1. The van der Waals surface area contributed by atoms with Gasteiger partial charge in [-0.3, -0.25) is 19.8 Å². The number of carbonyl (C=O) groups is 2. The van der Waals surface area contributed by atoms with Crippen molar-refractivity contribution in [2.45, 2.75) is 13.5 Å². The number of esters is 1. The summed E-state index contributed by atoms with van der Waals surface area (Å²) in [6.45, 7) is 4.89. The molecule has 1 fully saturated rings. The first kappa shape index (κ1) is 21.7. The summed E-state index contributed by atoms with van der Waals surface area (Å²) in [6.07, 6.45) is 0. The van der Waals surface area contributed by atoms with E-state index in [1.807, 2.05) is 6.07 Å². The number of halogens is 1. The Balaban J connectivity index is 1.50. The van der Waals surface area contributed by atoms with Gasteiger partial charge in [-0.2, -0.15) is 0 Å². The van der Waals surface area contributed by atoms with E-state index in [2.05, 4.69) is 30.0 Å². The Labute approximate surface area is 179 Å². The summed E-state index contributed by atoms with van der Waals surface area (Å²) in [5, 5.41) is 11.2. The summed E-state index contributed by atoms with van der Waals surface area (Å²) < 4.78 is 5.02. The molecule has 1 aliphatic rings. The lowest BCUT2D eigenvalue weighted by Gasteiger charge is -2.34. The van der Waals surface area contributed by atoms with Crippen LogP contribution in [0.25, 0.3) is 0 Å². The van der Waals surface area contributed by atoms with E-state index >= 15 is 0 Å². The number of nitro benzene ring substituents is 1. The van der Waals surface area contributed by atoms with Gasteiger partial charge in [-0.05, 0) is 24.6 Å². The lowest BCUT2D eigenvalue weighted by molar-refractivity contribution is -0.385. The van der Waals surface area contributed by atoms with Gasteiger partial charge < -0.3 is 9.64 Å². The number of benzene rings is 2. The van der Waals surface area contributed by atoms with Crippen molar-refractivity contribution in [2.24, 2.45) is 0 Å². The molecule has 2 aromatic rings. The number of ether oxygens (including phenoxy) is 1. The normalized spacial score (nSPS) is 14.4. The van der Waals surface area contributed by atoms with Gasteiger partial charge in [0.05, 0.1) is 4.92 Å². The van der Waals surface area contributed by atoms with Crippen molar-refractivity contribution in [1.82, 2.24) is 9.80 Å². The van der Waals surface area contributed by atoms with Crippen LogP contribution in [0.4, 0.5) is 5.69 Å². The van der Waals surface area contributed by atoms with Gasteiger partial charge in [0.25, 0.3) is 11.6 Å². The molecule has 1 saturated heterocycles. The van der Waals surface area contributed by atoms with E-state index in [9.17, 15) is 19.7 Å². The summed E-state index contributed by atoms with van der Waals surface area (Å²) in [7, 11) is 0. The number of rotatable bonds is 6. The molecule has 0 aliphatic carbocycles. The van der Waals surface area contributed by atoms with Crippen molar-refractivity contribution in [2.75, 3.05) is 32.8 Å². The van der Waals surface area contributed by atoms with Crippen molar-refractivity contribution >= 4 is 29.2 Å². The third kappa shape index (κ3) is 5.55. The minimum absolute atomic E-state index is 0.170. The van der Waals surface area contributed by atoms with Crippen molar-refractivity contribution in [3.05, 3.63) is 74.3 Å². The van der Waals surface area contributed by atoms with Gasteiger partial charge >= 0.3 is 5.97 Å². The Morgan fingerprint density at radius 1 is 1.13 bits per heavy atom. The number of hydrogen-bond donors (Lipinski definition) is 0. The summed E-state index contributed by atoms with van der Waals surface area (Å²) in [5.74, 6) is -1.28. The van der Waals surface area contributed by atoms with E-state index in [-0.39, 0.29) is 16.5 Å². The standard InChI is InChI=1S/C21H22ClN3O5/c1-15-3-2-4-16(11-15)13-23-7-9-24(10-8-23)20(26)14-30-21(27)18-12-17(22)5-6-19(18)25(28)29/h2-6,11-12H,7-10,13-14H2,1H3. The van der Waals surface area contributed by atoms with Crippen LogP contribution < -0.4 is 0 Å². The highest BCUT2D eigenvalue weighted by Gasteiger charge is 2.25. The molecule has 1 aliphatic heterocycles. The number of nitrogens with zero attached hydrogens (tertiary/aromatic N) is 3. The smallest absolute Gasteiger partial charge is 0.345 e. The maximum atomic E-state index is 12.4. The average Bonchev–Trinajstić information content (AvgIpc) is 2.72. The predicted octanol–water partition coefficient (Wildman–Crippen LogP) is 3.06. The molecular weight excluding hydrogens is 410 g/mol. The van der Waals surface area contributed by atoms with Gasteiger partial charge in [0.15, 0.2) is 6.61 Å². The maximum absolute atomic E-state index is 12.4. The van der Waals surface area contributed by atoms with E-state index in [1.165, 1.54) is 17.2 Å². The van der Waals surface area contributed by atoms with Crippen LogP contribution in [0.15, 0.2) is 42.5 Å². The van der Waals surface area contributed by atoms with Crippen LogP contribution in [-0.4, -0.2) is 59.4 Å². The molecule has 3 rings (SSSR count). The summed E-state index contributed by atoms with van der Waals surface area (Å²) >= 11 is 5.82. The van der Waals surface area contributed by atoms with Crippen LogP contribution in [0.1, 0.15) is 21.5 Å². The van der Waals surface area contributed by atoms with Crippen LogP contribution in [0.2, 0.25) is 5.02 Å². The van der Waals surface area contributed by atoms with E-state index in [1.54, 1.807) is 4.90 Å². The fraction of sp³-hybridized carbons (Fsp3) is 0.333. The van der Waals surface area contributed by atoms with Gasteiger partial charge in [0, 0.05) is 43.8 Å². The van der Waals surface area contributed by atoms with Gasteiger partial charge in [-0.25, -0.2) is 4.79 Å². The minimum atomic E-state index is -0.948. The molecule has 9 heteroatoms. The molecule has 158 valence electrons. The van der Waals surface area contributed by atoms with Crippen LogP contribution in [0.3, 0.4) is 0 Å². The molecule has 30 heavy (non-hydrogen) atoms.